The lowest BCUT2D eigenvalue weighted by atomic mass is 9.89. The van der Waals surface area contributed by atoms with Crippen molar-refractivity contribution < 1.29 is 18.7 Å². The number of nitrogens with zero attached hydrogens (tertiary/aromatic N) is 4. The molecule has 2 fully saturated rings. The highest BCUT2D eigenvalue weighted by Gasteiger charge is 2.57. The van der Waals surface area contributed by atoms with Crippen LogP contribution in [0.15, 0.2) is 41.0 Å². The number of halogens is 2. The van der Waals surface area contributed by atoms with Gasteiger partial charge in [0.05, 0.1) is 34.6 Å². The van der Waals surface area contributed by atoms with Gasteiger partial charge < -0.3 is 24.6 Å². The van der Waals surface area contributed by atoms with Crippen molar-refractivity contribution in [3.05, 3.63) is 63.5 Å². The van der Waals surface area contributed by atoms with Crippen LogP contribution in [0.2, 0.25) is 0 Å². The fourth-order valence-corrected chi connectivity index (χ4v) is 5.94. The first kappa shape index (κ1) is 25.1. The van der Waals surface area contributed by atoms with Gasteiger partial charge in [0.1, 0.15) is 17.3 Å². The summed E-state index contributed by atoms with van der Waals surface area (Å²) in [4.78, 5) is 26.0. The van der Waals surface area contributed by atoms with Crippen molar-refractivity contribution in [3.8, 4) is 17.4 Å². The average molecular weight is 582 g/mol. The maximum absolute atomic E-state index is 15.2. The Kier molecular flexibility index (Phi) is 6.26. The van der Waals surface area contributed by atoms with Gasteiger partial charge in [0.25, 0.3) is 5.91 Å². The summed E-state index contributed by atoms with van der Waals surface area (Å²) in [7, 11) is 5.48. The van der Waals surface area contributed by atoms with Gasteiger partial charge in [0.15, 0.2) is 0 Å². The summed E-state index contributed by atoms with van der Waals surface area (Å²) in [5.41, 5.74) is 2.45. The van der Waals surface area contributed by atoms with Gasteiger partial charge in [-0.1, -0.05) is 12.1 Å². The van der Waals surface area contributed by atoms with Crippen LogP contribution in [0.25, 0.3) is 0 Å². The molecular weight excluding hydrogens is 553 g/mol. The van der Waals surface area contributed by atoms with Crippen molar-refractivity contribution in [2.75, 3.05) is 39.6 Å². The maximum Gasteiger partial charge on any atom is 0.258 e. The van der Waals surface area contributed by atoms with Crippen molar-refractivity contribution in [1.82, 2.24) is 19.8 Å². The Morgan fingerprint density at radius 3 is 2.63 bits per heavy atom. The molecule has 1 saturated carbocycles. The number of benzene rings is 2. The van der Waals surface area contributed by atoms with E-state index in [9.17, 15) is 4.79 Å². The zero-order chi connectivity index (χ0) is 26.6. The first-order chi connectivity index (χ1) is 18.3. The molecule has 3 heterocycles. The molecular formula is C28H29BrFN5O3. The predicted molar refractivity (Wildman–Crippen MR) is 145 cm³/mol. The van der Waals surface area contributed by atoms with Crippen LogP contribution in [0.3, 0.4) is 0 Å². The molecule has 1 aliphatic carbocycles. The van der Waals surface area contributed by atoms with E-state index in [-0.39, 0.29) is 35.0 Å². The van der Waals surface area contributed by atoms with Gasteiger partial charge in [-0.3, -0.25) is 4.79 Å². The second-order valence-electron chi connectivity index (χ2n) is 10.3. The van der Waals surface area contributed by atoms with Crippen LogP contribution in [0.1, 0.15) is 53.1 Å². The minimum absolute atomic E-state index is 0.0541. The maximum atomic E-state index is 15.2. The normalized spacial score (nSPS) is 18.6. The SMILES string of the molecule is COc1cc(C2CCN(C)CC2)c(F)cc1Nc1ncc(Br)c(Oc2cccc3c2C(=O)N(C)C32CC2)n1. The molecule has 1 amide bonds. The molecule has 1 aromatic heterocycles. The van der Waals surface area contributed by atoms with Crippen LogP contribution >= 0.6 is 15.9 Å². The number of ether oxygens (including phenoxy) is 2. The zero-order valence-corrected chi connectivity index (χ0v) is 23.1. The van der Waals surface area contributed by atoms with Gasteiger partial charge in [-0.25, -0.2) is 9.37 Å². The van der Waals surface area contributed by atoms with Crippen LogP contribution in [0, 0.1) is 5.82 Å². The zero-order valence-electron chi connectivity index (χ0n) is 21.6. The summed E-state index contributed by atoms with van der Waals surface area (Å²) < 4.78 is 27.5. The number of hydrogen-bond acceptors (Lipinski definition) is 7. The standard InChI is InChI=1S/C28H29BrFN5O3/c1-34-11-7-16(8-12-34)17-13-23(37-3)21(14-20(17)30)32-27-31-15-19(29)25(33-27)38-22-6-4-5-18-24(22)26(36)35(2)28(18)9-10-28/h4-6,13-16H,7-12H2,1-3H3,(H,31,32,33). The number of aromatic nitrogens is 2. The Hall–Kier alpha value is -3.24. The van der Waals surface area contributed by atoms with E-state index in [1.807, 2.05) is 24.1 Å². The summed E-state index contributed by atoms with van der Waals surface area (Å²) >= 11 is 3.45. The molecule has 1 spiro atoms. The number of hydrogen-bond donors (Lipinski definition) is 1. The molecule has 198 valence electrons. The monoisotopic (exact) mass is 581 g/mol. The number of methoxy groups -OCH3 is 1. The molecule has 10 heteroatoms. The molecule has 0 radical (unpaired) electrons. The van der Waals surface area contributed by atoms with Gasteiger partial charge in [0.2, 0.25) is 11.8 Å². The van der Waals surface area contributed by atoms with E-state index < -0.39 is 0 Å². The average Bonchev–Trinajstić information content (AvgIpc) is 3.69. The number of carbonyl (C=O) groups is 1. The largest absolute Gasteiger partial charge is 0.495 e. The first-order valence-corrected chi connectivity index (χ1v) is 13.5. The topological polar surface area (TPSA) is 79.8 Å². The number of carbonyl (C=O) groups excluding carboxylic acids is 1. The third-order valence-electron chi connectivity index (χ3n) is 8.05. The molecule has 3 aliphatic rings. The molecule has 1 N–H and O–H groups in total. The lowest BCUT2D eigenvalue weighted by Gasteiger charge is -2.29. The molecule has 2 aromatic carbocycles. The number of nitrogens with one attached hydrogen (secondary N) is 1. The molecule has 1 saturated heterocycles. The number of likely N-dealkylation sites (tertiary alicyclic amines) is 1. The van der Waals surface area contributed by atoms with E-state index in [2.05, 4.69) is 43.2 Å². The lowest BCUT2D eigenvalue weighted by molar-refractivity contribution is 0.0753. The second kappa shape index (κ2) is 9.50. The van der Waals surface area contributed by atoms with Gasteiger partial charge >= 0.3 is 0 Å². The Balaban J connectivity index is 1.27. The number of anilines is 2. The molecule has 8 nitrogen and oxygen atoms in total. The van der Waals surface area contributed by atoms with E-state index in [1.165, 1.54) is 6.07 Å². The highest BCUT2D eigenvalue weighted by molar-refractivity contribution is 9.10. The van der Waals surface area contributed by atoms with E-state index >= 15 is 4.39 Å². The molecule has 0 unspecified atom stereocenters. The molecule has 0 bridgehead atoms. The molecule has 2 aliphatic heterocycles. The van der Waals surface area contributed by atoms with Crippen molar-refractivity contribution >= 4 is 33.5 Å². The van der Waals surface area contributed by atoms with Crippen molar-refractivity contribution in [1.29, 1.82) is 0 Å². The van der Waals surface area contributed by atoms with Crippen LogP contribution in [0.4, 0.5) is 16.0 Å². The number of rotatable bonds is 6. The van der Waals surface area contributed by atoms with E-state index in [1.54, 1.807) is 25.4 Å². The Morgan fingerprint density at radius 2 is 1.92 bits per heavy atom. The Bertz CT molecular complexity index is 1420. The second-order valence-corrected chi connectivity index (χ2v) is 11.2. The Morgan fingerprint density at radius 1 is 1.16 bits per heavy atom. The highest BCUT2D eigenvalue weighted by atomic mass is 79.9. The smallest absolute Gasteiger partial charge is 0.258 e. The van der Waals surface area contributed by atoms with Crippen molar-refractivity contribution in [2.45, 2.75) is 37.1 Å². The van der Waals surface area contributed by atoms with Gasteiger partial charge in [0, 0.05) is 13.1 Å². The third kappa shape index (κ3) is 4.19. The summed E-state index contributed by atoms with van der Waals surface area (Å²) in [6.07, 6.45) is 5.27. The lowest BCUT2D eigenvalue weighted by Crippen LogP contribution is -2.29. The number of fused-ring (bicyclic) bond motifs is 2. The fourth-order valence-electron chi connectivity index (χ4n) is 5.67. The summed E-state index contributed by atoms with van der Waals surface area (Å²) in [6, 6.07) is 8.87. The van der Waals surface area contributed by atoms with Crippen LogP contribution in [-0.2, 0) is 5.54 Å². The Labute approximate surface area is 229 Å². The summed E-state index contributed by atoms with van der Waals surface area (Å²) in [6.45, 7) is 1.88. The fraction of sp³-hybridized carbons (Fsp3) is 0.393. The van der Waals surface area contributed by atoms with Gasteiger partial charge in [-0.15, -0.1) is 0 Å². The molecule has 6 rings (SSSR count). The predicted octanol–water partition coefficient (Wildman–Crippen LogP) is 5.81. The highest BCUT2D eigenvalue weighted by Crippen LogP contribution is 2.57. The number of piperidine rings is 1. The van der Waals surface area contributed by atoms with Crippen LogP contribution in [0.5, 0.6) is 17.4 Å². The van der Waals surface area contributed by atoms with E-state index in [0.717, 1.165) is 44.3 Å². The minimum atomic E-state index is -0.284. The van der Waals surface area contributed by atoms with E-state index in [0.29, 0.717) is 32.8 Å². The summed E-state index contributed by atoms with van der Waals surface area (Å²) in [5, 5.41) is 3.07. The van der Waals surface area contributed by atoms with Crippen molar-refractivity contribution in [3.63, 3.8) is 0 Å². The van der Waals surface area contributed by atoms with E-state index in [4.69, 9.17) is 9.47 Å². The summed E-state index contributed by atoms with van der Waals surface area (Å²) in [5.74, 6) is 1.22. The van der Waals surface area contributed by atoms with Crippen molar-refractivity contribution in [2.24, 2.45) is 0 Å². The number of amides is 1. The molecule has 3 aromatic rings. The minimum Gasteiger partial charge on any atom is -0.495 e. The van der Waals surface area contributed by atoms with Gasteiger partial charge in [-0.2, -0.15) is 4.98 Å². The molecule has 38 heavy (non-hydrogen) atoms. The quantitative estimate of drug-likeness (QED) is 0.393. The van der Waals surface area contributed by atoms with Crippen LogP contribution < -0.4 is 14.8 Å². The van der Waals surface area contributed by atoms with Crippen LogP contribution in [-0.4, -0.2) is 60.0 Å². The third-order valence-corrected chi connectivity index (χ3v) is 8.60. The molecule has 0 atom stereocenters. The van der Waals surface area contributed by atoms with Gasteiger partial charge in [-0.05, 0) is 90.9 Å². The first-order valence-electron chi connectivity index (χ1n) is 12.8.